The zero-order chi connectivity index (χ0) is 17.8. The second kappa shape index (κ2) is 7.01. The van der Waals surface area contributed by atoms with Gasteiger partial charge in [0.1, 0.15) is 24.9 Å². The van der Waals surface area contributed by atoms with Crippen LogP contribution in [0.1, 0.15) is 5.56 Å². The van der Waals surface area contributed by atoms with E-state index in [4.69, 9.17) is 14.7 Å². The van der Waals surface area contributed by atoms with Crippen molar-refractivity contribution in [3.8, 4) is 17.6 Å². The lowest BCUT2D eigenvalue weighted by Gasteiger charge is -2.18. The number of nitriles is 1. The first-order valence-electron chi connectivity index (χ1n) is 7.34. The topological polar surface area (TPSA) is 71.4 Å². The minimum absolute atomic E-state index is 0.202. The average Bonchev–Trinajstić information content (AvgIpc) is 2.62. The number of ether oxygens (including phenoxy) is 2. The van der Waals surface area contributed by atoms with Gasteiger partial charge >= 0.3 is 0 Å². The first kappa shape index (κ1) is 16.5. The molecule has 25 heavy (non-hydrogen) atoms. The van der Waals surface area contributed by atoms with E-state index < -0.39 is 17.5 Å². The van der Waals surface area contributed by atoms with Gasteiger partial charge in [0.25, 0.3) is 5.91 Å². The molecule has 0 aliphatic carbocycles. The van der Waals surface area contributed by atoms with E-state index in [0.29, 0.717) is 30.4 Å². The van der Waals surface area contributed by atoms with Gasteiger partial charge in [0.2, 0.25) is 0 Å². The Hall–Kier alpha value is -3.40. The van der Waals surface area contributed by atoms with Crippen molar-refractivity contribution in [2.24, 2.45) is 0 Å². The van der Waals surface area contributed by atoms with Crippen LogP contribution in [0.2, 0.25) is 0 Å². The van der Waals surface area contributed by atoms with Crippen molar-refractivity contribution >= 4 is 17.7 Å². The highest BCUT2D eigenvalue weighted by Gasteiger charge is 2.15. The number of rotatable bonds is 3. The normalized spacial score (nSPS) is 13.1. The van der Waals surface area contributed by atoms with Crippen molar-refractivity contribution in [2.75, 3.05) is 18.5 Å². The van der Waals surface area contributed by atoms with E-state index in [1.165, 1.54) is 12.1 Å². The Morgan fingerprint density at radius 2 is 1.84 bits per heavy atom. The molecular formula is C18H12F2N2O3. The molecule has 1 heterocycles. The summed E-state index contributed by atoms with van der Waals surface area (Å²) in [4.78, 5) is 12.2. The molecule has 1 amide bonds. The summed E-state index contributed by atoms with van der Waals surface area (Å²) < 4.78 is 37.0. The predicted octanol–water partition coefficient (Wildman–Crippen LogP) is 3.28. The van der Waals surface area contributed by atoms with Gasteiger partial charge in [-0.1, -0.05) is 6.07 Å². The van der Waals surface area contributed by atoms with E-state index in [-0.39, 0.29) is 11.1 Å². The molecule has 0 atom stereocenters. The average molecular weight is 342 g/mol. The van der Waals surface area contributed by atoms with E-state index in [2.05, 4.69) is 5.32 Å². The number of nitrogens with zero attached hydrogens (tertiary/aromatic N) is 1. The van der Waals surface area contributed by atoms with Gasteiger partial charge in [0.05, 0.1) is 0 Å². The van der Waals surface area contributed by atoms with E-state index >= 15 is 0 Å². The number of hydrogen-bond acceptors (Lipinski definition) is 4. The highest BCUT2D eigenvalue weighted by atomic mass is 19.2. The molecule has 0 aromatic heterocycles. The maximum Gasteiger partial charge on any atom is 0.266 e. The lowest BCUT2D eigenvalue weighted by atomic mass is 10.1. The minimum atomic E-state index is -1.06. The summed E-state index contributed by atoms with van der Waals surface area (Å²) in [7, 11) is 0. The van der Waals surface area contributed by atoms with Gasteiger partial charge in [0.15, 0.2) is 23.1 Å². The van der Waals surface area contributed by atoms with Crippen LogP contribution < -0.4 is 14.8 Å². The van der Waals surface area contributed by atoms with Crippen molar-refractivity contribution in [2.45, 2.75) is 0 Å². The molecule has 1 N–H and O–H groups in total. The molecule has 0 bridgehead atoms. The van der Waals surface area contributed by atoms with Crippen molar-refractivity contribution in [1.82, 2.24) is 0 Å². The van der Waals surface area contributed by atoms with Crippen molar-refractivity contribution in [3.63, 3.8) is 0 Å². The van der Waals surface area contributed by atoms with Gasteiger partial charge in [0, 0.05) is 11.8 Å². The third kappa shape index (κ3) is 3.75. The van der Waals surface area contributed by atoms with Gasteiger partial charge < -0.3 is 14.8 Å². The first-order chi connectivity index (χ1) is 12.1. The fraction of sp³-hybridized carbons (Fsp3) is 0.111. The summed E-state index contributed by atoms with van der Waals surface area (Å²) in [6.45, 7) is 0.859. The molecular weight excluding hydrogens is 330 g/mol. The molecule has 0 saturated carbocycles. The molecule has 7 heteroatoms. The molecule has 2 aromatic rings. The van der Waals surface area contributed by atoms with Gasteiger partial charge in [-0.15, -0.1) is 0 Å². The SMILES string of the molecule is N#C/C(=C\c1ccc(F)c(F)c1)C(=O)Nc1ccc2c(c1)OCCO2. The number of carbonyl (C=O) groups excluding carboxylic acids is 1. The molecule has 1 aliphatic heterocycles. The van der Waals surface area contributed by atoms with E-state index in [1.807, 2.05) is 0 Å². The smallest absolute Gasteiger partial charge is 0.266 e. The molecule has 5 nitrogen and oxygen atoms in total. The van der Waals surface area contributed by atoms with Crippen LogP contribution in [-0.2, 0) is 4.79 Å². The van der Waals surface area contributed by atoms with E-state index in [9.17, 15) is 13.6 Å². The Bertz CT molecular complexity index is 904. The Balaban J connectivity index is 1.79. The zero-order valence-corrected chi connectivity index (χ0v) is 12.9. The Kier molecular flexibility index (Phi) is 4.61. The fourth-order valence-electron chi connectivity index (χ4n) is 2.24. The van der Waals surface area contributed by atoms with Gasteiger partial charge in [-0.3, -0.25) is 4.79 Å². The van der Waals surface area contributed by atoms with Crippen LogP contribution in [-0.4, -0.2) is 19.1 Å². The van der Waals surface area contributed by atoms with Gasteiger partial charge in [-0.05, 0) is 35.9 Å². The summed E-state index contributed by atoms with van der Waals surface area (Å²) in [5.74, 6) is -1.67. The summed E-state index contributed by atoms with van der Waals surface area (Å²) in [5.41, 5.74) is 0.370. The van der Waals surface area contributed by atoms with Crippen molar-refractivity contribution < 1.29 is 23.0 Å². The summed E-state index contributed by atoms with van der Waals surface area (Å²) in [6, 6.07) is 9.69. The Morgan fingerprint density at radius 3 is 2.56 bits per heavy atom. The minimum Gasteiger partial charge on any atom is -0.486 e. The molecule has 126 valence electrons. The number of fused-ring (bicyclic) bond motifs is 1. The maximum absolute atomic E-state index is 13.2. The van der Waals surface area contributed by atoms with Gasteiger partial charge in [-0.25, -0.2) is 8.78 Å². The summed E-state index contributed by atoms with van der Waals surface area (Å²) in [6.07, 6.45) is 1.18. The maximum atomic E-state index is 13.2. The molecule has 2 aromatic carbocycles. The molecule has 0 radical (unpaired) electrons. The first-order valence-corrected chi connectivity index (χ1v) is 7.34. The second-order valence-electron chi connectivity index (χ2n) is 5.16. The van der Waals surface area contributed by atoms with Gasteiger partial charge in [-0.2, -0.15) is 5.26 Å². The Labute approximate surface area is 142 Å². The lowest BCUT2D eigenvalue weighted by Crippen LogP contribution is -2.17. The predicted molar refractivity (Wildman–Crippen MR) is 86.0 cm³/mol. The lowest BCUT2D eigenvalue weighted by molar-refractivity contribution is -0.112. The number of halogens is 2. The van der Waals surface area contributed by atoms with Crippen LogP contribution in [0.15, 0.2) is 42.0 Å². The largest absolute Gasteiger partial charge is 0.486 e. The zero-order valence-electron chi connectivity index (χ0n) is 12.9. The highest BCUT2D eigenvalue weighted by Crippen LogP contribution is 2.32. The number of benzene rings is 2. The van der Waals surface area contributed by atoms with Crippen molar-refractivity contribution in [3.05, 3.63) is 59.2 Å². The van der Waals surface area contributed by atoms with Crippen LogP contribution in [0.3, 0.4) is 0 Å². The van der Waals surface area contributed by atoms with Crippen LogP contribution >= 0.6 is 0 Å². The number of anilines is 1. The highest BCUT2D eigenvalue weighted by molar-refractivity contribution is 6.09. The van der Waals surface area contributed by atoms with E-state index in [0.717, 1.165) is 12.1 Å². The van der Waals surface area contributed by atoms with Crippen molar-refractivity contribution in [1.29, 1.82) is 5.26 Å². The Morgan fingerprint density at radius 1 is 1.08 bits per heavy atom. The molecule has 0 spiro atoms. The monoisotopic (exact) mass is 342 g/mol. The summed E-state index contributed by atoms with van der Waals surface area (Å²) in [5, 5.41) is 11.7. The standard InChI is InChI=1S/C18H12F2N2O3/c19-14-3-1-11(8-15(14)20)7-12(10-21)18(23)22-13-2-4-16-17(9-13)25-6-5-24-16/h1-4,7-9H,5-6H2,(H,22,23)/b12-7+. The van der Waals surface area contributed by atoms with Crippen LogP contribution in [0.4, 0.5) is 14.5 Å². The second-order valence-corrected chi connectivity index (χ2v) is 5.16. The van der Waals surface area contributed by atoms with Crippen LogP contribution in [0, 0.1) is 23.0 Å². The number of carbonyl (C=O) groups is 1. The molecule has 1 aliphatic rings. The quantitative estimate of drug-likeness (QED) is 0.686. The van der Waals surface area contributed by atoms with E-state index in [1.54, 1.807) is 24.3 Å². The molecule has 3 rings (SSSR count). The van der Waals surface area contributed by atoms with Crippen LogP contribution in [0.5, 0.6) is 11.5 Å². The third-order valence-corrected chi connectivity index (χ3v) is 3.42. The summed E-state index contributed by atoms with van der Waals surface area (Å²) >= 11 is 0. The number of hydrogen-bond donors (Lipinski definition) is 1. The molecule has 0 saturated heterocycles. The number of nitrogens with one attached hydrogen (secondary N) is 1. The molecule has 0 fully saturated rings. The fourth-order valence-corrected chi connectivity index (χ4v) is 2.24. The third-order valence-electron chi connectivity index (χ3n) is 3.42. The van der Waals surface area contributed by atoms with Crippen LogP contribution in [0.25, 0.3) is 6.08 Å². The number of amides is 1. The molecule has 0 unspecified atom stereocenters.